The smallest absolute Gasteiger partial charge is 0.319 e. The molecule has 1 aromatic carbocycles. The van der Waals surface area contributed by atoms with Gasteiger partial charge in [-0.25, -0.2) is 4.79 Å². The van der Waals surface area contributed by atoms with Crippen molar-refractivity contribution in [3.8, 4) is 17.2 Å². The molecule has 0 atom stereocenters. The van der Waals surface area contributed by atoms with E-state index in [2.05, 4.69) is 10.6 Å². The Labute approximate surface area is 152 Å². The summed E-state index contributed by atoms with van der Waals surface area (Å²) in [6.07, 6.45) is 2.17. The van der Waals surface area contributed by atoms with Crippen molar-refractivity contribution in [3.63, 3.8) is 0 Å². The van der Waals surface area contributed by atoms with Crippen molar-refractivity contribution in [3.05, 3.63) is 12.1 Å². The number of benzene rings is 1. The highest BCUT2D eigenvalue weighted by Crippen LogP contribution is 2.39. The Bertz CT molecular complexity index is 539. The van der Waals surface area contributed by atoms with Gasteiger partial charge in [0, 0.05) is 42.9 Å². The summed E-state index contributed by atoms with van der Waals surface area (Å²) in [6.45, 7) is 2.29. The zero-order chi connectivity index (χ0) is 18.1. The molecule has 2 N–H and O–H groups in total. The first kappa shape index (κ1) is 19.5. The molecule has 0 radical (unpaired) electrons. The van der Waals surface area contributed by atoms with E-state index in [1.54, 1.807) is 12.1 Å². The number of hydrogen-bond acceptors (Lipinski definition) is 6. The van der Waals surface area contributed by atoms with Crippen LogP contribution < -0.4 is 24.8 Å². The Morgan fingerprint density at radius 3 is 2.36 bits per heavy atom. The molecule has 1 fully saturated rings. The highest BCUT2D eigenvalue weighted by atomic mass is 32.2. The second kappa shape index (κ2) is 10.2. The predicted molar refractivity (Wildman–Crippen MR) is 99.4 cm³/mol. The van der Waals surface area contributed by atoms with E-state index in [-0.39, 0.29) is 6.03 Å². The second-order valence-electron chi connectivity index (χ2n) is 5.48. The number of amides is 2. The number of methoxy groups -OCH3 is 3. The maximum absolute atomic E-state index is 12.1. The zero-order valence-electron chi connectivity index (χ0n) is 14.9. The molecule has 0 spiro atoms. The molecule has 0 aliphatic carbocycles. The van der Waals surface area contributed by atoms with Gasteiger partial charge in [-0.05, 0) is 12.8 Å². The first-order valence-electron chi connectivity index (χ1n) is 8.22. The van der Waals surface area contributed by atoms with Gasteiger partial charge in [0.05, 0.1) is 27.0 Å². The average molecular weight is 370 g/mol. The number of carbonyl (C=O) groups is 1. The third kappa shape index (κ3) is 5.89. The van der Waals surface area contributed by atoms with Crippen LogP contribution in [0.1, 0.15) is 12.8 Å². The molecule has 1 aliphatic rings. The average Bonchev–Trinajstić information content (AvgIpc) is 2.65. The fourth-order valence-electron chi connectivity index (χ4n) is 2.56. The van der Waals surface area contributed by atoms with Crippen LogP contribution in [-0.2, 0) is 4.74 Å². The van der Waals surface area contributed by atoms with Gasteiger partial charge in [0.25, 0.3) is 0 Å². The van der Waals surface area contributed by atoms with Crippen molar-refractivity contribution in [2.45, 2.75) is 18.1 Å². The summed E-state index contributed by atoms with van der Waals surface area (Å²) < 4.78 is 21.2. The molecule has 0 unspecified atom stereocenters. The lowest BCUT2D eigenvalue weighted by molar-refractivity contribution is 0.100. The van der Waals surface area contributed by atoms with E-state index in [9.17, 15) is 4.79 Å². The monoisotopic (exact) mass is 370 g/mol. The van der Waals surface area contributed by atoms with Crippen LogP contribution in [-0.4, -0.2) is 58.1 Å². The number of ether oxygens (including phenoxy) is 4. The highest BCUT2D eigenvalue weighted by molar-refractivity contribution is 7.99. The minimum Gasteiger partial charge on any atom is -0.493 e. The number of carbonyl (C=O) groups excluding carboxylic acids is 1. The maximum atomic E-state index is 12.1. The Hall–Kier alpha value is -1.80. The SMILES string of the molecule is COc1cc(NC(=O)NCCSC2CCOCC2)cc(OC)c1OC. The summed E-state index contributed by atoms with van der Waals surface area (Å²) in [5.74, 6) is 2.36. The van der Waals surface area contributed by atoms with Gasteiger partial charge in [0.1, 0.15) is 0 Å². The van der Waals surface area contributed by atoms with Crippen molar-refractivity contribution in [2.75, 3.05) is 52.2 Å². The zero-order valence-corrected chi connectivity index (χ0v) is 15.7. The number of nitrogens with one attached hydrogen (secondary N) is 2. The standard InChI is InChI=1S/C17H26N2O5S/c1-21-14-10-12(11-15(22-2)16(14)23-3)19-17(20)18-6-9-25-13-4-7-24-8-5-13/h10-11,13H,4-9H2,1-3H3,(H2,18,19,20). The molecule has 2 rings (SSSR count). The van der Waals surface area contributed by atoms with E-state index in [4.69, 9.17) is 18.9 Å². The van der Waals surface area contributed by atoms with Crippen molar-refractivity contribution >= 4 is 23.5 Å². The van der Waals surface area contributed by atoms with Gasteiger partial charge in [-0.2, -0.15) is 11.8 Å². The van der Waals surface area contributed by atoms with Gasteiger partial charge in [-0.1, -0.05) is 0 Å². The van der Waals surface area contributed by atoms with Crippen molar-refractivity contribution < 1.29 is 23.7 Å². The van der Waals surface area contributed by atoms with E-state index < -0.39 is 0 Å². The maximum Gasteiger partial charge on any atom is 0.319 e. The minimum absolute atomic E-state index is 0.262. The predicted octanol–water partition coefficient (Wildman–Crippen LogP) is 2.75. The molecule has 0 aromatic heterocycles. The fourth-order valence-corrected chi connectivity index (χ4v) is 3.64. The molecule has 7 nitrogen and oxygen atoms in total. The molecule has 1 saturated heterocycles. The molecule has 25 heavy (non-hydrogen) atoms. The van der Waals surface area contributed by atoms with Gasteiger partial charge < -0.3 is 29.6 Å². The molecule has 0 bridgehead atoms. The first-order chi connectivity index (χ1) is 12.2. The summed E-state index contributed by atoms with van der Waals surface area (Å²) in [4.78, 5) is 12.1. The third-order valence-corrected chi connectivity index (χ3v) is 5.21. The Morgan fingerprint density at radius 1 is 1.16 bits per heavy atom. The molecule has 1 aromatic rings. The quantitative estimate of drug-likeness (QED) is 0.685. The normalized spacial score (nSPS) is 14.7. The lowest BCUT2D eigenvalue weighted by atomic mass is 10.2. The van der Waals surface area contributed by atoms with E-state index in [0.717, 1.165) is 31.8 Å². The highest BCUT2D eigenvalue weighted by Gasteiger charge is 2.15. The van der Waals surface area contributed by atoms with Crippen LogP contribution in [0, 0.1) is 0 Å². The third-order valence-electron chi connectivity index (χ3n) is 3.83. The van der Waals surface area contributed by atoms with E-state index >= 15 is 0 Å². The van der Waals surface area contributed by atoms with Gasteiger partial charge in [0.15, 0.2) is 11.5 Å². The summed E-state index contributed by atoms with van der Waals surface area (Å²) in [5, 5.41) is 6.28. The molecule has 140 valence electrons. The lowest BCUT2D eigenvalue weighted by Gasteiger charge is -2.21. The van der Waals surface area contributed by atoms with Gasteiger partial charge >= 0.3 is 6.03 Å². The van der Waals surface area contributed by atoms with Crippen LogP contribution in [0.2, 0.25) is 0 Å². The van der Waals surface area contributed by atoms with Crippen LogP contribution in [0.25, 0.3) is 0 Å². The van der Waals surface area contributed by atoms with Crippen LogP contribution in [0.3, 0.4) is 0 Å². The fraction of sp³-hybridized carbons (Fsp3) is 0.588. The second-order valence-corrected chi connectivity index (χ2v) is 6.89. The minimum atomic E-state index is -0.262. The molecule has 2 amide bonds. The van der Waals surface area contributed by atoms with Crippen LogP contribution >= 0.6 is 11.8 Å². The number of urea groups is 1. The largest absolute Gasteiger partial charge is 0.493 e. The Kier molecular flexibility index (Phi) is 8.00. The number of thioether (sulfide) groups is 1. The van der Waals surface area contributed by atoms with E-state index in [1.807, 2.05) is 11.8 Å². The molecular weight excluding hydrogens is 344 g/mol. The van der Waals surface area contributed by atoms with Crippen LogP contribution in [0.15, 0.2) is 12.1 Å². The van der Waals surface area contributed by atoms with Gasteiger partial charge in [-0.3, -0.25) is 0 Å². The molecular formula is C17H26N2O5S. The Morgan fingerprint density at radius 2 is 1.80 bits per heavy atom. The van der Waals surface area contributed by atoms with Crippen molar-refractivity contribution in [1.82, 2.24) is 5.32 Å². The van der Waals surface area contributed by atoms with Gasteiger partial charge in [0.2, 0.25) is 5.75 Å². The molecule has 8 heteroatoms. The summed E-state index contributed by atoms with van der Waals surface area (Å²) >= 11 is 1.88. The van der Waals surface area contributed by atoms with E-state index in [0.29, 0.717) is 34.7 Å². The Balaban J connectivity index is 1.81. The number of hydrogen-bond donors (Lipinski definition) is 2. The molecule has 1 heterocycles. The van der Waals surface area contributed by atoms with Gasteiger partial charge in [-0.15, -0.1) is 0 Å². The number of rotatable bonds is 8. The molecule has 1 aliphatic heterocycles. The van der Waals surface area contributed by atoms with Crippen LogP contribution in [0.5, 0.6) is 17.2 Å². The number of anilines is 1. The summed E-state index contributed by atoms with van der Waals surface area (Å²) in [5.41, 5.74) is 0.573. The summed E-state index contributed by atoms with van der Waals surface area (Å²) in [7, 11) is 4.61. The summed E-state index contributed by atoms with van der Waals surface area (Å²) in [6, 6.07) is 3.12. The van der Waals surface area contributed by atoms with Crippen molar-refractivity contribution in [1.29, 1.82) is 0 Å². The first-order valence-corrected chi connectivity index (χ1v) is 9.27. The lowest BCUT2D eigenvalue weighted by Crippen LogP contribution is -2.31. The van der Waals surface area contributed by atoms with Crippen LogP contribution in [0.4, 0.5) is 10.5 Å². The topological polar surface area (TPSA) is 78.1 Å². The molecule has 0 saturated carbocycles. The van der Waals surface area contributed by atoms with Crippen molar-refractivity contribution in [2.24, 2.45) is 0 Å². The van der Waals surface area contributed by atoms with E-state index in [1.165, 1.54) is 21.3 Å².